The fraction of sp³-hybridized carbons (Fsp3) is 0.250. The Labute approximate surface area is 153 Å². The number of amides is 1. The van der Waals surface area contributed by atoms with E-state index >= 15 is 0 Å². The average Bonchev–Trinajstić information content (AvgIpc) is 3.07. The Morgan fingerprint density at radius 2 is 2.08 bits per heavy atom. The molecule has 2 N–H and O–H groups in total. The minimum atomic E-state index is -0.381. The Morgan fingerprint density at radius 1 is 1.32 bits per heavy atom. The van der Waals surface area contributed by atoms with Gasteiger partial charge in [-0.05, 0) is 31.2 Å². The predicted octanol–water partition coefficient (Wildman–Crippen LogP) is 3.04. The summed E-state index contributed by atoms with van der Waals surface area (Å²) in [7, 11) is 0. The van der Waals surface area contributed by atoms with Gasteiger partial charge in [-0.15, -0.1) is 16.8 Å². The molecule has 0 unspecified atom stereocenters. The van der Waals surface area contributed by atoms with Crippen LogP contribution in [-0.4, -0.2) is 41.0 Å². The summed E-state index contributed by atoms with van der Waals surface area (Å²) in [5, 5.41) is 14.5. The summed E-state index contributed by atoms with van der Waals surface area (Å²) in [5.74, 6) is -0.326. The van der Waals surface area contributed by atoms with Crippen molar-refractivity contribution in [2.24, 2.45) is 0 Å². The number of aromatic nitrogens is 2. The molecule has 1 amide bonds. The molecule has 0 aliphatic heterocycles. The van der Waals surface area contributed by atoms with Gasteiger partial charge in [0.25, 0.3) is 0 Å². The van der Waals surface area contributed by atoms with Crippen molar-refractivity contribution < 1.29 is 14.3 Å². The molecule has 0 atom stereocenters. The van der Waals surface area contributed by atoms with Gasteiger partial charge >= 0.3 is 5.97 Å². The highest BCUT2D eigenvalue weighted by Gasteiger charge is 2.09. The van der Waals surface area contributed by atoms with Gasteiger partial charge in [0.2, 0.25) is 11.0 Å². The van der Waals surface area contributed by atoms with Gasteiger partial charge in [0, 0.05) is 12.2 Å². The van der Waals surface area contributed by atoms with Crippen LogP contribution < -0.4 is 10.6 Å². The summed E-state index contributed by atoms with van der Waals surface area (Å²) in [6, 6.07) is 6.56. The van der Waals surface area contributed by atoms with Crippen LogP contribution in [0.4, 0.5) is 10.8 Å². The van der Waals surface area contributed by atoms with Crippen molar-refractivity contribution in [2.75, 3.05) is 29.5 Å². The second-order valence-corrected chi connectivity index (χ2v) is 6.88. The third-order valence-corrected chi connectivity index (χ3v) is 4.82. The van der Waals surface area contributed by atoms with Crippen molar-refractivity contribution in [3.8, 4) is 0 Å². The standard InChI is InChI=1S/C16H18N4O3S2/c1-3-9-17-15-19-20-16(25-15)24-10-13(21)18-12-7-5-11(6-8-12)14(22)23-4-2/h3,5-8H,1,4,9-10H2,2H3,(H,17,19)(H,18,21). The Balaban J connectivity index is 1.80. The van der Waals surface area contributed by atoms with Gasteiger partial charge in [-0.25, -0.2) is 4.79 Å². The monoisotopic (exact) mass is 378 g/mol. The van der Waals surface area contributed by atoms with Gasteiger partial charge in [-0.3, -0.25) is 4.79 Å². The van der Waals surface area contributed by atoms with Crippen LogP contribution in [0.25, 0.3) is 0 Å². The number of carbonyl (C=O) groups is 2. The Hall–Kier alpha value is -2.39. The molecule has 0 bridgehead atoms. The molecule has 0 spiro atoms. The van der Waals surface area contributed by atoms with Crippen molar-refractivity contribution in [2.45, 2.75) is 11.3 Å². The lowest BCUT2D eigenvalue weighted by Gasteiger charge is -2.05. The van der Waals surface area contributed by atoms with Crippen molar-refractivity contribution in [3.05, 3.63) is 42.5 Å². The molecule has 1 aromatic heterocycles. The SMILES string of the molecule is C=CCNc1nnc(SCC(=O)Nc2ccc(C(=O)OCC)cc2)s1. The minimum absolute atomic E-state index is 0.162. The zero-order valence-corrected chi connectivity index (χ0v) is 15.3. The van der Waals surface area contributed by atoms with E-state index in [1.807, 2.05) is 0 Å². The third-order valence-electron chi connectivity index (χ3n) is 2.81. The average molecular weight is 378 g/mol. The number of anilines is 2. The molecule has 1 aromatic carbocycles. The molecule has 0 aliphatic rings. The first-order chi connectivity index (χ1) is 12.1. The van der Waals surface area contributed by atoms with Crippen LogP contribution in [0.5, 0.6) is 0 Å². The Morgan fingerprint density at radius 3 is 2.76 bits per heavy atom. The molecule has 1 heterocycles. The van der Waals surface area contributed by atoms with Crippen LogP contribution in [0.2, 0.25) is 0 Å². The van der Waals surface area contributed by atoms with Gasteiger partial charge in [-0.1, -0.05) is 29.2 Å². The maximum Gasteiger partial charge on any atom is 0.338 e. The highest BCUT2D eigenvalue weighted by molar-refractivity contribution is 8.01. The number of hydrogen-bond donors (Lipinski definition) is 2. The molecule has 9 heteroatoms. The van der Waals surface area contributed by atoms with E-state index in [0.29, 0.717) is 33.9 Å². The molecule has 132 valence electrons. The molecule has 0 aliphatic carbocycles. The summed E-state index contributed by atoms with van der Waals surface area (Å²) in [6.45, 7) is 6.30. The minimum Gasteiger partial charge on any atom is -0.462 e. The van der Waals surface area contributed by atoms with Crippen LogP contribution in [0, 0.1) is 0 Å². The van der Waals surface area contributed by atoms with E-state index < -0.39 is 0 Å². The van der Waals surface area contributed by atoms with Crippen LogP contribution in [-0.2, 0) is 9.53 Å². The molecule has 0 radical (unpaired) electrons. The molecule has 25 heavy (non-hydrogen) atoms. The second kappa shape index (κ2) is 9.80. The Kier molecular flexibility index (Phi) is 7.42. The molecular weight excluding hydrogens is 360 g/mol. The largest absolute Gasteiger partial charge is 0.462 e. The number of rotatable bonds is 9. The first-order valence-electron chi connectivity index (χ1n) is 7.50. The normalized spacial score (nSPS) is 10.1. The number of thioether (sulfide) groups is 1. The maximum absolute atomic E-state index is 12.0. The fourth-order valence-electron chi connectivity index (χ4n) is 1.73. The smallest absolute Gasteiger partial charge is 0.338 e. The number of carbonyl (C=O) groups excluding carboxylic acids is 2. The molecular formula is C16H18N4O3S2. The summed E-state index contributed by atoms with van der Waals surface area (Å²) in [6.07, 6.45) is 1.73. The molecule has 7 nitrogen and oxygen atoms in total. The van der Waals surface area contributed by atoms with E-state index in [-0.39, 0.29) is 17.6 Å². The van der Waals surface area contributed by atoms with Crippen LogP contribution in [0.3, 0.4) is 0 Å². The zero-order valence-electron chi connectivity index (χ0n) is 13.7. The summed E-state index contributed by atoms with van der Waals surface area (Å²) in [4.78, 5) is 23.6. The molecule has 0 saturated heterocycles. The number of ether oxygens (including phenoxy) is 1. The van der Waals surface area contributed by atoms with Gasteiger partial charge in [0.15, 0.2) is 4.34 Å². The van der Waals surface area contributed by atoms with E-state index in [2.05, 4.69) is 27.4 Å². The number of benzene rings is 1. The second-order valence-electron chi connectivity index (χ2n) is 4.68. The van der Waals surface area contributed by atoms with Crippen LogP contribution in [0.1, 0.15) is 17.3 Å². The summed E-state index contributed by atoms with van der Waals surface area (Å²) >= 11 is 2.69. The van der Waals surface area contributed by atoms with E-state index in [4.69, 9.17) is 4.74 Å². The van der Waals surface area contributed by atoms with Crippen LogP contribution in [0.15, 0.2) is 41.3 Å². The van der Waals surface area contributed by atoms with Crippen molar-refractivity contribution in [1.82, 2.24) is 10.2 Å². The predicted molar refractivity (Wildman–Crippen MR) is 100 cm³/mol. The third kappa shape index (κ3) is 6.20. The van der Waals surface area contributed by atoms with Crippen molar-refractivity contribution >= 4 is 45.8 Å². The van der Waals surface area contributed by atoms with Crippen molar-refractivity contribution in [3.63, 3.8) is 0 Å². The van der Waals surface area contributed by atoms with Crippen molar-refractivity contribution in [1.29, 1.82) is 0 Å². The number of hydrogen-bond acceptors (Lipinski definition) is 8. The van der Waals surface area contributed by atoms with E-state index in [1.165, 1.54) is 23.1 Å². The van der Waals surface area contributed by atoms with Gasteiger partial charge < -0.3 is 15.4 Å². The van der Waals surface area contributed by atoms with Gasteiger partial charge in [0.05, 0.1) is 17.9 Å². The van der Waals surface area contributed by atoms with Gasteiger partial charge in [0.1, 0.15) is 0 Å². The fourth-order valence-corrected chi connectivity index (χ4v) is 3.29. The van der Waals surface area contributed by atoms with Gasteiger partial charge in [-0.2, -0.15) is 0 Å². The summed E-state index contributed by atoms with van der Waals surface area (Å²) < 4.78 is 5.62. The lowest BCUT2D eigenvalue weighted by atomic mass is 10.2. The Bertz CT molecular complexity index is 731. The molecule has 0 fully saturated rings. The van der Waals surface area contributed by atoms with E-state index in [0.717, 1.165) is 0 Å². The topological polar surface area (TPSA) is 93.2 Å². The van der Waals surface area contributed by atoms with E-state index in [1.54, 1.807) is 37.3 Å². The molecule has 2 rings (SSSR count). The summed E-state index contributed by atoms with van der Waals surface area (Å²) in [5.41, 5.74) is 1.06. The molecule has 2 aromatic rings. The first kappa shape index (κ1) is 18.9. The number of nitrogens with zero attached hydrogens (tertiary/aromatic N) is 2. The lowest BCUT2D eigenvalue weighted by molar-refractivity contribution is -0.113. The number of nitrogens with one attached hydrogen (secondary N) is 2. The first-order valence-corrected chi connectivity index (χ1v) is 9.30. The maximum atomic E-state index is 12.0. The van der Waals surface area contributed by atoms with E-state index in [9.17, 15) is 9.59 Å². The highest BCUT2D eigenvalue weighted by Crippen LogP contribution is 2.25. The quantitative estimate of drug-likeness (QED) is 0.393. The highest BCUT2D eigenvalue weighted by atomic mass is 32.2. The molecule has 0 saturated carbocycles. The lowest BCUT2D eigenvalue weighted by Crippen LogP contribution is -2.14. The zero-order chi connectivity index (χ0) is 18.1. The van der Waals surface area contributed by atoms with Crippen LogP contribution >= 0.6 is 23.1 Å². The number of esters is 1.